The number of nitrogens with zero attached hydrogens (tertiary/aromatic N) is 3. The number of likely N-dealkylation sites (tertiary alicyclic amines) is 2. The summed E-state index contributed by atoms with van der Waals surface area (Å²) in [5.41, 5.74) is 4.26. The molecule has 30 heavy (non-hydrogen) atoms. The Labute approximate surface area is 182 Å². The van der Waals surface area contributed by atoms with Gasteiger partial charge in [0.25, 0.3) is 0 Å². The topological polar surface area (TPSA) is 52.2 Å². The monoisotopic (exact) mass is 412 g/mol. The first-order chi connectivity index (χ1) is 14.7. The first-order valence-corrected chi connectivity index (χ1v) is 12.8. The second-order valence-electron chi connectivity index (χ2n) is 10.7. The SMILES string of the molecule is O=C(CCc1n[nH]c2c1CCCC2)N1CCC2(CCCN(CC3CCCCC3)C2)C1. The molecule has 3 fully saturated rings. The fraction of sp³-hybridized carbons (Fsp3) is 0.840. The van der Waals surface area contributed by atoms with Gasteiger partial charge in [-0.05, 0) is 75.8 Å². The predicted molar refractivity (Wildman–Crippen MR) is 119 cm³/mol. The Morgan fingerprint density at radius 2 is 1.87 bits per heavy atom. The smallest absolute Gasteiger partial charge is 0.222 e. The molecule has 1 N–H and O–H groups in total. The van der Waals surface area contributed by atoms with Gasteiger partial charge in [0.15, 0.2) is 0 Å². The minimum absolute atomic E-state index is 0.351. The summed E-state index contributed by atoms with van der Waals surface area (Å²) >= 11 is 0. The van der Waals surface area contributed by atoms with E-state index < -0.39 is 0 Å². The fourth-order valence-corrected chi connectivity index (χ4v) is 6.82. The van der Waals surface area contributed by atoms with E-state index in [1.807, 2.05) is 0 Å². The van der Waals surface area contributed by atoms with E-state index in [0.29, 0.717) is 17.7 Å². The normalized spacial score (nSPS) is 28.2. The molecule has 0 bridgehead atoms. The highest BCUT2D eigenvalue weighted by molar-refractivity contribution is 5.76. The van der Waals surface area contributed by atoms with Gasteiger partial charge in [0.2, 0.25) is 5.91 Å². The van der Waals surface area contributed by atoms with Crippen molar-refractivity contribution in [3.8, 4) is 0 Å². The third kappa shape index (κ3) is 4.46. The third-order valence-electron chi connectivity index (χ3n) is 8.49. The Morgan fingerprint density at radius 1 is 1.00 bits per heavy atom. The molecule has 2 saturated heterocycles. The molecule has 0 aromatic carbocycles. The van der Waals surface area contributed by atoms with Crippen molar-refractivity contribution < 1.29 is 4.79 Å². The first-order valence-electron chi connectivity index (χ1n) is 12.8. The van der Waals surface area contributed by atoms with Crippen LogP contribution in [0.2, 0.25) is 0 Å². The lowest BCUT2D eigenvalue weighted by atomic mass is 9.78. The number of rotatable bonds is 5. The zero-order chi connectivity index (χ0) is 20.4. The molecular weight excluding hydrogens is 372 g/mol. The van der Waals surface area contributed by atoms with Gasteiger partial charge in [-0.3, -0.25) is 9.89 Å². The molecule has 5 rings (SSSR count). The summed E-state index contributed by atoms with van der Waals surface area (Å²) in [6, 6.07) is 0. The summed E-state index contributed by atoms with van der Waals surface area (Å²) in [6.45, 7) is 5.76. The number of aromatic amines is 1. The summed E-state index contributed by atoms with van der Waals surface area (Å²) < 4.78 is 0. The van der Waals surface area contributed by atoms with E-state index in [1.54, 1.807) is 0 Å². The number of amides is 1. The summed E-state index contributed by atoms with van der Waals surface area (Å²) in [7, 11) is 0. The lowest BCUT2D eigenvalue weighted by Gasteiger charge is -2.42. The van der Waals surface area contributed by atoms with Crippen LogP contribution >= 0.6 is 0 Å². The summed E-state index contributed by atoms with van der Waals surface area (Å²) in [6.07, 6.45) is 17.2. The lowest BCUT2D eigenvalue weighted by Crippen LogP contribution is -2.47. The third-order valence-corrected chi connectivity index (χ3v) is 8.49. The summed E-state index contributed by atoms with van der Waals surface area (Å²) in [4.78, 5) is 17.9. The fourth-order valence-electron chi connectivity index (χ4n) is 6.82. The molecule has 5 nitrogen and oxygen atoms in total. The number of aryl methyl sites for hydroxylation is 2. The van der Waals surface area contributed by atoms with Gasteiger partial charge in [0.05, 0.1) is 5.69 Å². The van der Waals surface area contributed by atoms with Gasteiger partial charge >= 0.3 is 0 Å². The summed E-state index contributed by atoms with van der Waals surface area (Å²) in [5.74, 6) is 1.27. The molecule has 3 heterocycles. The molecule has 1 aromatic rings. The van der Waals surface area contributed by atoms with Crippen LogP contribution in [0.1, 0.15) is 87.6 Å². The van der Waals surface area contributed by atoms with Crippen molar-refractivity contribution in [2.45, 2.75) is 89.9 Å². The van der Waals surface area contributed by atoms with Crippen LogP contribution in [0.5, 0.6) is 0 Å². The highest BCUT2D eigenvalue weighted by atomic mass is 16.2. The number of nitrogens with one attached hydrogen (secondary N) is 1. The maximum absolute atomic E-state index is 13.0. The number of carbonyl (C=O) groups excluding carboxylic acids is 1. The van der Waals surface area contributed by atoms with Crippen LogP contribution in [0.25, 0.3) is 0 Å². The number of fused-ring (bicyclic) bond motifs is 1. The zero-order valence-electron chi connectivity index (χ0n) is 18.8. The minimum atomic E-state index is 0.351. The first kappa shape index (κ1) is 20.5. The Morgan fingerprint density at radius 3 is 2.77 bits per heavy atom. The lowest BCUT2D eigenvalue weighted by molar-refractivity contribution is -0.130. The Balaban J connectivity index is 1.13. The van der Waals surface area contributed by atoms with Gasteiger partial charge < -0.3 is 9.80 Å². The maximum Gasteiger partial charge on any atom is 0.222 e. The molecule has 166 valence electrons. The molecule has 1 spiro atoms. The molecule has 2 aliphatic carbocycles. The number of hydrogen-bond acceptors (Lipinski definition) is 3. The number of carbonyl (C=O) groups is 1. The summed E-state index contributed by atoms with van der Waals surface area (Å²) in [5, 5.41) is 7.77. The van der Waals surface area contributed by atoms with Crippen LogP contribution in [-0.4, -0.2) is 58.6 Å². The average Bonchev–Trinajstić information content (AvgIpc) is 3.37. The van der Waals surface area contributed by atoms with E-state index in [0.717, 1.165) is 44.0 Å². The van der Waals surface area contributed by atoms with Crippen LogP contribution in [0, 0.1) is 11.3 Å². The van der Waals surface area contributed by atoms with Crippen molar-refractivity contribution in [3.63, 3.8) is 0 Å². The second-order valence-corrected chi connectivity index (χ2v) is 10.7. The average molecular weight is 413 g/mol. The number of piperidine rings is 1. The van der Waals surface area contributed by atoms with Crippen molar-refractivity contribution in [1.29, 1.82) is 0 Å². The minimum Gasteiger partial charge on any atom is -0.342 e. The van der Waals surface area contributed by atoms with Crippen LogP contribution in [0.3, 0.4) is 0 Å². The Kier molecular flexibility index (Phi) is 6.17. The van der Waals surface area contributed by atoms with E-state index in [2.05, 4.69) is 20.0 Å². The number of hydrogen-bond donors (Lipinski definition) is 1. The van der Waals surface area contributed by atoms with Crippen LogP contribution in [0.4, 0.5) is 0 Å². The standard InChI is InChI=1S/C25H40N4O/c30-24(12-11-23-21-9-4-5-10-22(21)26-27-23)29-16-14-25(19-29)13-6-15-28(18-25)17-20-7-2-1-3-8-20/h20H,1-19H2,(H,26,27). The number of H-pyrrole nitrogens is 1. The molecule has 1 unspecified atom stereocenters. The van der Waals surface area contributed by atoms with Gasteiger partial charge in [-0.25, -0.2) is 0 Å². The largest absolute Gasteiger partial charge is 0.342 e. The maximum atomic E-state index is 13.0. The van der Waals surface area contributed by atoms with Crippen LogP contribution < -0.4 is 0 Å². The predicted octanol–water partition coefficient (Wildman–Crippen LogP) is 4.12. The number of aromatic nitrogens is 2. The van der Waals surface area contributed by atoms with E-state index in [9.17, 15) is 4.79 Å². The molecule has 4 aliphatic rings. The van der Waals surface area contributed by atoms with Crippen LogP contribution in [-0.2, 0) is 24.1 Å². The van der Waals surface area contributed by atoms with E-state index in [1.165, 1.54) is 95.1 Å². The Hall–Kier alpha value is -1.36. The highest BCUT2D eigenvalue weighted by Crippen LogP contribution is 2.40. The molecule has 0 radical (unpaired) electrons. The van der Waals surface area contributed by atoms with Crippen molar-refractivity contribution in [2.24, 2.45) is 11.3 Å². The second kappa shape index (κ2) is 9.02. The molecular formula is C25H40N4O. The van der Waals surface area contributed by atoms with E-state index in [-0.39, 0.29) is 0 Å². The van der Waals surface area contributed by atoms with Crippen molar-refractivity contribution in [3.05, 3.63) is 17.0 Å². The molecule has 1 amide bonds. The Bertz CT molecular complexity index is 738. The molecule has 2 aliphatic heterocycles. The van der Waals surface area contributed by atoms with Gasteiger partial charge in [-0.1, -0.05) is 19.3 Å². The van der Waals surface area contributed by atoms with Gasteiger partial charge in [-0.2, -0.15) is 5.10 Å². The quantitative estimate of drug-likeness (QED) is 0.792. The molecule has 1 atom stereocenters. The molecule has 5 heteroatoms. The molecule has 1 saturated carbocycles. The van der Waals surface area contributed by atoms with Crippen molar-refractivity contribution in [2.75, 3.05) is 32.7 Å². The van der Waals surface area contributed by atoms with Gasteiger partial charge in [0.1, 0.15) is 0 Å². The highest BCUT2D eigenvalue weighted by Gasteiger charge is 2.42. The van der Waals surface area contributed by atoms with Crippen LogP contribution in [0.15, 0.2) is 0 Å². The van der Waals surface area contributed by atoms with Crippen molar-refractivity contribution in [1.82, 2.24) is 20.0 Å². The van der Waals surface area contributed by atoms with E-state index in [4.69, 9.17) is 0 Å². The van der Waals surface area contributed by atoms with Gasteiger partial charge in [-0.15, -0.1) is 0 Å². The zero-order valence-corrected chi connectivity index (χ0v) is 18.8. The van der Waals surface area contributed by atoms with E-state index >= 15 is 0 Å². The molecule has 1 aromatic heterocycles. The van der Waals surface area contributed by atoms with Gasteiger partial charge in [0, 0.05) is 50.1 Å². The van der Waals surface area contributed by atoms with Crippen molar-refractivity contribution >= 4 is 5.91 Å².